The van der Waals surface area contributed by atoms with E-state index < -0.39 is 10.0 Å². The van der Waals surface area contributed by atoms with Crippen molar-refractivity contribution in [1.29, 1.82) is 0 Å². The van der Waals surface area contributed by atoms with Crippen molar-refractivity contribution < 1.29 is 13.5 Å². The fourth-order valence-corrected chi connectivity index (χ4v) is 3.22. The summed E-state index contributed by atoms with van der Waals surface area (Å²) >= 11 is 0. The molecule has 0 aliphatic carbocycles. The number of aliphatic hydroxyl groups is 1. The van der Waals surface area contributed by atoms with Gasteiger partial charge < -0.3 is 5.11 Å². The van der Waals surface area contributed by atoms with E-state index >= 15 is 0 Å². The van der Waals surface area contributed by atoms with Crippen LogP contribution in [0, 0.1) is 5.92 Å². The average molecular weight is 282 g/mol. The van der Waals surface area contributed by atoms with E-state index in [1.165, 1.54) is 0 Å². The van der Waals surface area contributed by atoms with Crippen LogP contribution >= 0.6 is 0 Å². The standard InChI is InChI=1S/C13H18N2O3S/c1-10(9-16)5-4-8-14-13-11-6-2-3-7-12(11)19(17,18)15-13/h2-3,6-7,10,16H,4-5,8-9H2,1H3,(H,14,15). The first-order valence-corrected chi connectivity index (χ1v) is 7.80. The Balaban J connectivity index is 2.07. The second kappa shape index (κ2) is 5.71. The van der Waals surface area contributed by atoms with Crippen LogP contribution in [0.15, 0.2) is 34.2 Å². The maximum Gasteiger partial charge on any atom is 0.263 e. The molecule has 0 saturated heterocycles. The summed E-state index contributed by atoms with van der Waals surface area (Å²) < 4.78 is 26.1. The number of fused-ring (bicyclic) bond motifs is 1. The number of aliphatic hydroxyl groups excluding tert-OH is 1. The molecule has 0 aromatic heterocycles. The molecule has 104 valence electrons. The lowest BCUT2D eigenvalue weighted by molar-refractivity contribution is 0.229. The molecule has 1 atom stereocenters. The highest BCUT2D eigenvalue weighted by Crippen LogP contribution is 2.22. The van der Waals surface area contributed by atoms with E-state index in [0.29, 0.717) is 17.9 Å². The molecule has 19 heavy (non-hydrogen) atoms. The van der Waals surface area contributed by atoms with Gasteiger partial charge in [0.2, 0.25) is 0 Å². The van der Waals surface area contributed by atoms with Gasteiger partial charge in [-0.2, -0.15) is 0 Å². The van der Waals surface area contributed by atoms with Crippen LogP contribution in [0.2, 0.25) is 0 Å². The summed E-state index contributed by atoms with van der Waals surface area (Å²) in [6, 6.07) is 6.82. The quantitative estimate of drug-likeness (QED) is 0.795. The van der Waals surface area contributed by atoms with Crippen LogP contribution in [-0.4, -0.2) is 32.5 Å². The molecule has 0 amide bonds. The van der Waals surface area contributed by atoms with Gasteiger partial charge in [0.15, 0.2) is 0 Å². The number of hydrogen-bond acceptors (Lipinski definition) is 4. The first-order valence-electron chi connectivity index (χ1n) is 6.32. The highest BCUT2D eigenvalue weighted by atomic mass is 32.2. The minimum Gasteiger partial charge on any atom is -0.396 e. The first kappa shape index (κ1) is 14.0. The lowest BCUT2D eigenvalue weighted by Gasteiger charge is -2.05. The zero-order chi connectivity index (χ0) is 13.9. The molecule has 0 radical (unpaired) electrons. The summed E-state index contributed by atoms with van der Waals surface area (Å²) in [5.74, 6) is 0.681. The van der Waals surface area contributed by atoms with E-state index in [-0.39, 0.29) is 17.4 Å². The second-order valence-electron chi connectivity index (χ2n) is 4.76. The predicted octanol–water partition coefficient (Wildman–Crippen LogP) is 1.13. The van der Waals surface area contributed by atoms with Gasteiger partial charge in [0.25, 0.3) is 10.0 Å². The monoisotopic (exact) mass is 282 g/mol. The van der Waals surface area contributed by atoms with Crippen LogP contribution < -0.4 is 4.72 Å². The van der Waals surface area contributed by atoms with E-state index in [1.54, 1.807) is 24.3 Å². The molecule has 1 aliphatic rings. The van der Waals surface area contributed by atoms with Crippen molar-refractivity contribution in [2.45, 2.75) is 24.7 Å². The first-order chi connectivity index (χ1) is 9.04. The zero-order valence-electron chi connectivity index (χ0n) is 10.8. The van der Waals surface area contributed by atoms with Gasteiger partial charge in [0.05, 0.1) is 4.90 Å². The molecule has 0 spiro atoms. The van der Waals surface area contributed by atoms with Crippen LogP contribution in [0.5, 0.6) is 0 Å². The normalized spacial score (nSPS) is 20.0. The predicted molar refractivity (Wildman–Crippen MR) is 73.7 cm³/mol. The van der Waals surface area contributed by atoms with E-state index in [1.807, 2.05) is 6.92 Å². The van der Waals surface area contributed by atoms with Crippen LogP contribution in [0.25, 0.3) is 0 Å². The fraction of sp³-hybridized carbons (Fsp3) is 0.462. The SMILES string of the molecule is CC(CO)CCCN=C1NS(=O)(=O)c2ccccc21. The maximum atomic E-state index is 11.8. The maximum absolute atomic E-state index is 11.8. The van der Waals surface area contributed by atoms with Crippen molar-refractivity contribution in [3.8, 4) is 0 Å². The molecule has 5 nitrogen and oxygen atoms in total. The second-order valence-corrected chi connectivity index (χ2v) is 6.41. The van der Waals surface area contributed by atoms with Crippen LogP contribution in [0.3, 0.4) is 0 Å². The molecule has 2 rings (SSSR count). The highest BCUT2D eigenvalue weighted by molar-refractivity contribution is 7.90. The summed E-state index contributed by atoms with van der Waals surface area (Å²) in [7, 11) is -3.43. The summed E-state index contributed by atoms with van der Waals surface area (Å²) in [6.45, 7) is 2.70. The summed E-state index contributed by atoms with van der Waals surface area (Å²) in [4.78, 5) is 4.60. The summed E-state index contributed by atoms with van der Waals surface area (Å²) in [6.07, 6.45) is 1.71. The number of nitrogens with one attached hydrogen (secondary N) is 1. The number of amidine groups is 1. The van der Waals surface area contributed by atoms with Crippen LogP contribution in [-0.2, 0) is 10.0 Å². The van der Waals surface area contributed by atoms with Gasteiger partial charge in [-0.15, -0.1) is 0 Å². The minimum atomic E-state index is -3.43. The molecule has 0 saturated carbocycles. The lowest BCUT2D eigenvalue weighted by atomic mass is 10.1. The number of hydrogen-bond donors (Lipinski definition) is 2. The smallest absolute Gasteiger partial charge is 0.263 e. The molecule has 0 fully saturated rings. The lowest BCUT2D eigenvalue weighted by Crippen LogP contribution is -2.22. The Morgan fingerprint density at radius 2 is 2.11 bits per heavy atom. The largest absolute Gasteiger partial charge is 0.396 e. The molecule has 1 unspecified atom stereocenters. The molecular weight excluding hydrogens is 264 g/mol. The Morgan fingerprint density at radius 3 is 2.84 bits per heavy atom. The molecule has 1 aromatic carbocycles. The van der Waals surface area contributed by atoms with Crippen molar-refractivity contribution in [2.75, 3.05) is 13.2 Å². The Kier molecular flexibility index (Phi) is 4.21. The van der Waals surface area contributed by atoms with Gasteiger partial charge in [-0.25, -0.2) is 8.42 Å². The Bertz CT molecular complexity index is 581. The molecule has 1 heterocycles. The van der Waals surface area contributed by atoms with Crippen molar-refractivity contribution in [3.63, 3.8) is 0 Å². The third-order valence-electron chi connectivity index (χ3n) is 3.10. The number of sulfonamides is 1. The topological polar surface area (TPSA) is 78.8 Å². The number of rotatable bonds is 5. The van der Waals surface area contributed by atoms with Crippen molar-refractivity contribution in [1.82, 2.24) is 4.72 Å². The van der Waals surface area contributed by atoms with Crippen molar-refractivity contribution in [3.05, 3.63) is 29.8 Å². The Morgan fingerprint density at radius 1 is 1.37 bits per heavy atom. The van der Waals surface area contributed by atoms with Gasteiger partial charge in [-0.3, -0.25) is 9.71 Å². The van der Waals surface area contributed by atoms with Crippen molar-refractivity contribution in [2.24, 2.45) is 10.9 Å². The van der Waals surface area contributed by atoms with E-state index in [4.69, 9.17) is 5.11 Å². The van der Waals surface area contributed by atoms with Gasteiger partial charge in [0, 0.05) is 18.7 Å². The Hall–Kier alpha value is -1.40. The summed E-state index contributed by atoms with van der Waals surface area (Å²) in [5.41, 5.74) is 0.637. The molecule has 6 heteroatoms. The van der Waals surface area contributed by atoms with Gasteiger partial charge in [-0.05, 0) is 30.9 Å². The number of benzene rings is 1. The Labute approximate surface area is 113 Å². The van der Waals surface area contributed by atoms with Crippen LogP contribution in [0.4, 0.5) is 0 Å². The molecule has 0 bridgehead atoms. The van der Waals surface area contributed by atoms with Gasteiger partial charge in [0.1, 0.15) is 5.84 Å². The minimum absolute atomic E-state index is 0.173. The molecular formula is C13H18N2O3S. The third kappa shape index (κ3) is 3.13. The molecule has 1 aliphatic heterocycles. The highest BCUT2D eigenvalue weighted by Gasteiger charge is 2.29. The average Bonchev–Trinajstić information content (AvgIpc) is 2.67. The number of aliphatic imine (C=N–C) groups is 1. The van der Waals surface area contributed by atoms with E-state index in [9.17, 15) is 8.42 Å². The fourth-order valence-electron chi connectivity index (χ4n) is 1.97. The van der Waals surface area contributed by atoms with E-state index in [0.717, 1.165) is 12.8 Å². The third-order valence-corrected chi connectivity index (χ3v) is 4.50. The van der Waals surface area contributed by atoms with Gasteiger partial charge >= 0.3 is 0 Å². The van der Waals surface area contributed by atoms with Gasteiger partial charge in [-0.1, -0.05) is 19.1 Å². The van der Waals surface area contributed by atoms with Crippen molar-refractivity contribution >= 4 is 15.9 Å². The zero-order valence-corrected chi connectivity index (χ0v) is 11.7. The van der Waals surface area contributed by atoms with E-state index in [2.05, 4.69) is 9.71 Å². The number of nitrogens with zero attached hydrogens (tertiary/aromatic N) is 1. The molecule has 1 aromatic rings. The van der Waals surface area contributed by atoms with Crippen LogP contribution in [0.1, 0.15) is 25.3 Å². The summed E-state index contributed by atoms with van der Waals surface area (Å²) in [5, 5.41) is 8.92. The molecule has 2 N–H and O–H groups in total.